The zero-order valence-corrected chi connectivity index (χ0v) is 14.1. The van der Waals surface area contributed by atoms with Gasteiger partial charge in [0.15, 0.2) is 0 Å². The molecule has 1 unspecified atom stereocenters. The lowest BCUT2D eigenvalue weighted by Gasteiger charge is -2.24. The number of nitrogens with zero attached hydrogens (tertiary/aromatic N) is 1. The second-order valence-corrected chi connectivity index (χ2v) is 6.02. The Bertz CT molecular complexity index is 682. The molecule has 0 spiro atoms. The monoisotopic (exact) mass is 314 g/mol. The van der Waals surface area contributed by atoms with Crippen LogP contribution in [0.25, 0.3) is 0 Å². The van der Waals surface area contributed by atoms with Gasteiger partial charge in [-0.1, -0.05) is 23.8 Å². The summed E-state index contributed by atoms with van der Waals surface area (Å²) in [5.74, 6) is -0.424. The molecule has 0 saturated heterocycles. The van der Waals surface area contributed by atoms with Crippen molar-refractivity contribution in [3.63, 3.8) is 0 Å². The van der Waals surface area contributed by atoms with E-state index in [2.05, 4.69) is 37.4 Å². The third-order valence-electron chi connectivity index (χ3n) is 4.07. The highest BCUT2D eigenvalue weighted by Gasteiger charge is 2.18. The molecule has 0 aromatic heterocycles. The second-order valence-electron chi connectivity index (χ2n) is 6.02. The second kappa shape index (κ2) is 7.38. The number of hydrogen-bond acceptors (Lipinski definition) is 2. The fourth-order valence-corrected chi connectivity index (χ4v) is 2.41. The number of halogens is 1. The van der Waals surface area contributed by atoms with Crippen molar-refractivity contribution in [2.24, 2.45) is 0 Å². The van der Waals surface area contributed by atoms with Crippen molar-refractivity contribution in [3.8, 4) is 0 Å². The minimum absolute atomic E-state index is 0.108. The highest BCUT2D eigenvalue weighted by Crippen LogP contribution is 2.15. The molecule has 1 amide bonds. The average Bonchev–Trinajstić information content (AvgIpc) is 2.51. The predicted molar refractivity (Wildman–Crippen MR) is 91.9 cm³/mol. The van der Waals surface area contributed by atoms with Crippen LogP contribution in [0.2, 0.25) is 0 Å². The molecule has 0 aliphatic heterocycles. The van der Waals surface area contributed by atoms with E-state index in [1.807, 2.05) is 18.9 Å². The fraction of sp³-hybridized carbons (Fsp3) is 0.316. The molecule has 2 aromatic rings. The van der Waals surface area contributed by atoms with Crippen molar-refractivity contribution in [1.82, 2.24) is 4.90 Å². The van der Waals surface area contributed by atoms with Crippen LogP contribution < -0.4 is 5.32 Å². The van der Waals surface area contributed by atoms with Gasteiger partial charge in [-0.25, -0.2) is 4.39 Å². The van der Waals surface area contributed by atoms with Crippen LogP contribution in [0.15, 0.2) is 42.5 Å². The Morgan fingerprint density at radius 2 is 1.83 bits per heavy atom. The van der Waals surface area contributed by atoms with Gasteiger partial charge < -0.3 is 5.32 Å². The minimum Gasteiger partial charge on any atom is -0.325 e. The molecule has 0 fully saturated rings. The van der Waals surface area contributed by atoms with Gasteiger partial charge in [0, 0.05) is 12.2 Å². The summed E-state index contributed by atoms with van der Waals surface area (Å²) >= 11 is 0. The zero-order valence-electron chi connectivity index (χ0n) is 14.1. The number of likely N-dealkylation sites (N-methyl/N-ethyl adjacent to an activating group) is 1. The zero-order chi connectivity index (χ0) is 17.0. The first kappa shape index (κ1) is 17.2. The third-order valence-corrected chi connectivity index (χ3v) is 4.07. The van der Waals surface area contributed by atoms with E-state index in [0.717, 1.165) is 0 Å². The molecule has 0 saturated carbocycles. The van der Waals surface area contributed by atoms with Crippen molar-refractivity contribution in [3.05, 3.63) is 65.0 Å². The maximum atomic E-state index is 12.9. The normalized spacial score (nSPS) is 12.3. The smallest absolute Gasteiger partial charge is 0.241 e. The van der Waals surface area contributed by atoms with E-state index in [1.165, 1.54) is 28.8 Å². The molecule has 0 aliphatic rings. The summed E-state index contributed by atoms with van der Waals surface area (Å²) in [7, 11) is 1.92. The summed E-state index contributed by atoms with van der Waals surface area (Å²) in [6.45, 7) is 6.71. The van der Waals surface area contributed by atoms with Gasteiger partial charge in [0.05, 0.1) is 6.04 Å². The number of aryl methyl sites for hydroxylation is 2. The van der Waals surface area contributed by atoms with Crippen LogP contribution >= 0.6 is 0 Å². The lowest BCUT2D eigenvalue weighted by Crippen LogP contribution is -2.39. The number of carbonyl (C=O) groups excluding carboxylic acids is 1. The van der Waals surface area contributed by atoms with E-state index < -0.39 is 0 Å². The first-order valence-corrected chi connectivity index (χ1v) is 7.69. The van der Waals surface area contributed by atoms with Crippen molar-refractivity contribution >= 4 is 11.6 Å². The molecule has 1 atom stereocenters. The Balaban J connectivity index is 1.99. The molecule has 23 heavy (non-hydrogen) atoms. The SMILES string of the molecule is Cc1ccc(CN(C)C(C)C(=O)Nc2ccc(F)cc2)c(C)c1. The van der Waals surface area contributed by atoms with Crippen molar-refractivity contribution < 1.29 is 9.18 Å². The molecule has 2 aromatic carbocycles. The van der Waals surface area contributed by atoms with Crippen LogP contribution in [0, 0.1) is 19.7 Å². The van der Waals surface area contributed by atoms with Crippen LogP contribution in [0.5, 0.6) is 0 Å². The molecular formula is C19H23FN2O. The van der Waals surface area contributed by atoms with Gasteiger partial charge in [-0.15, -0.1) is 0 Å². The van der Waals surface area contributed by atoms with E-state index in [-0.39, 0.29) is 17.8 Å². The van der Waals surface area contributed by atoms with Crippen LogP contribution in [0.1, 0.15) is 23.6 Å². The number of anilines is 1. The molecule has 0 radical (unpaired) electrons. The van der Waals surface area contributed by atoms with Crippen LogP contribution in [0.4, 0.5) is 10.1 Å². The standard InChI is InChI=1S/C19H23FN2O/c1-13-5-6-16(14(2)11-13)12-22(4)15(3)19(23)21-18-9-7-17(20)8-10-18/h5-11,15H,12H2,1-4H3,(H,21,23). The Morgan fingerprint density at radius 1 is 1.17 bits per heavy atom. The fourth-order valence-electron chi connectivity index (χ4n) is 2.41. The van der Waals surface area contributed by atoms with Gasteiger partial charge in [-0.3, -0.25) is 9.69 Å². The summed E-state index contributed by atoms with van der Waals surface area (Å²) < 4.78 is 12.9. The third kappa shape index (κ3) is 4.63. The number of carbonyl (C=O) groups is 1. The maximum Gasteiger partial charge on any atom is 0.241 e. The molecule has 0 heterocycles. The van der Waals surface area contributed by atoms with Crippen molar-refractivity contribution in [2.45, 2.75) is 33.4 Å². The summed E-state index contributed by atoms with van der Waals surface area (Å²) in [5, 5.41) is 2.81. The van der Waals surface area contributed by atoms with Gasteiger partial charge in [0.25, 0.3) is 0 Å². The van der Waals surface area contributed by atoms with Gasteiger partial charge in [-0.2, -0.15) is 0 Å². The number of rotatable bonds is 5. The van der Waals surface area contributed by atoms with Gasteiger partial charge >= 0.3 is 0 Å². The van der Waals surface area contributed by atoms with Crippen LogP contribution in [-0.2, 0) is 11.3 Å². The molecule has 4 heteroatoms. The number of amides is 1. The number of benzene rings is 2. The molecule has 2 rings (SSSR count). The Kier molecular flexibility index (Phi) is 5.50. The lowest BCUT2D eigenvalue weighted by molar-refractivity contribution is -0.120. The summed E-state index contributed by atoms with van der Waals surface area (Å²) in [5.41, 5.74) is 4.27. The van der Waals surface area contributed by atoms with E-state index in [4.69, 9.17) is 0 Å². The Labute approximate surface area is 137 Å². The highest BCUT2D eigenvalue weighted by molar-refractivity contribution is 5.94. The highest BCUT2D eigenvalue weighted by atomic mass is 19.1. The van der Waals surface area contributed by atoms with Crippen molar-refractivity contribution in [1.29, 1.82) is 0 Å². The Morgan fingerprint density at radius 3 is 2.43 bits per heavy atom. The van der Waals surface area contributed by atoms with E-state index in [9.17, 15) is 9.18 Å². The molecule has 1 N–H and O–H groups in total. The number of hydrogen-bond donors (Lipinski definition) is 1. The predicted octanol–water partition coefficient (Wildman–Crippen LogP) is 3.90. The average molecular weight is 314 g/mol. The van der Waals surface area contributed by atoms with Crippen molar-refractivity contribution in [2.75, 3.05) is 12.4 Å². The largest absolute Gasteiger partial charge is 0.325 e. The summed E-state index contributed by atoms with van der Waals surface area (Å²) in [6, 6.07) is 11.8. The quantitative estimate of drug-likeness (QED) is 0.908. The first-order valence-electron chi connectivity index (χ1n) is 7.69. The van der Waals surface area contributed by atoms with Gasteiger partial charge in [0.2, 0.25) is 5.91 Å². The summed E-state index contributed by atoms with van der Waals surface area (Å²) in [4.78, 5) is 14.3. The lowest BCUT2D eigenvalue weighted by atomic mass is 10.0. The Hall–Kier alpha value is -2.20. The number of nitrogens with one attached hydrogen (secondary N) is 1. The summed E-state index contributed by atoms with van der Waals surface area (Å²) in [6.07, 6.45) is 0. The topological polar surface area (TPSA) is 32.3 Å². The van der Waals surface area contributed by atoms with Crippen LogP contribution in [0.3, 0.4) is 0 Å². The van der Waals surface area contributed by atoms with E-state index in [0.29, 0.717) is 12.2 Å². The van der Waals surface area contributed by atoms with Crippen LogP contribution in [-0.4, -0.2) is 23.9 Å². The first-order chi connectivity index (χ1) is 10.9. The van der Waals surface area contributed by atoms with E-state index in [1.54, 1.807) is 12.1 Å². The minimum atomic E-state index is -0.317. The molecule has 3 nitrogen and oxygen atoms in total. The molecule has 122 valence electrons. The molecular weight excluding hydrogens is 291 g/mol. The maximum absolute atomic E-state index is 12.9. The van der Waals surface area contributed by atoms with E-state index >= 15 is 0 Å². The van der Waals surface area contributed by atoms with Gasteiger partial charge in [0.1, 0.15) is 5.82 Å². The molecule has 0 bridgehead atoms. The molecule has 0 aliphatic carbocycles. The van der Waals surface area contributed by atoms with Gasteiger partial charge in [-0.05, 0) is 63.2 Å².